The fraction of sp³-hybridized carbons (Fsp3) is 0.409. The number of benzene rings is 1. The number of amides is 1. The number of esters is 1. The van der Waals surface area contributed by atoms with Crippen LogP contribution < -0.4 is 0 Å². The van der Waals surface area contributed by atoms with Crippen molar-refractivity contribution in [1.82, 2.24) is 9.88 Å². The summed E-state index contributed by atoms with van der Waals surface area (Å²) in [4.78, 5) is 30.7. The van der Waals surface area contributed by atoms with E-state index in [2.05, 4.69) is 4.98 Å². The lowest BCUT2D eigenvalue weighted by Crippen LogP contribution is -2.49. The van der Waals surface area contributed by atoms with Crippen LogP contribution in [0.3, 0.4) is 0 Å². The summed E-state index contributed by atoms with van der Waals surface area (Å²) in [6.45, 7) is 5.63. The highest BCUT2D eigenvalue weighted by Gasteiger charge is 2.38. The minimum Gasteiger partial charge on any atom is -0.464 e. The molecule has 1 aromatic heterocycles. The zero-order valence-electron chi connectivity index (χ0n) is 17.1. The van der Waals surface area contributed by atoms with Crippen LogP contribution in [0.25, 0.3) is 0 Å². The Morgan fingerprint density at radius 2 is 1.86 bits per heavy atom. The average Bonchev–Trinajstić information content (AvgIpc) is 2.70. The molecule has 0 spiro atoms. The molecule has 7 nitrogen and oxygen atoms in total. The second-order valence-electron chi connectivity index (χ2n) is 8.03. The van der Waals surface area contributed by atoms with Gasteiger partial charge >= 0.3 is 12.1 Å². The Morgan fingerprint density at radius 3 is 2.48 bits per heavy atom. The molecule has 1 N–H and O–H groups in total. The van der Waals surface area contributed by atoms with E-state index >= 15 is 0 Å². The first-order chi connectivity index (χ1) is 13.7. The number of rotatable bonds is 3. The van der Waals surface area contributed by atoms with Gasteiger partial charge in [0.05, 0.1) is 25.8 Å². The summed E-state index contributed by atoms with van der Waals surface area (Å²) in [6, 6.07) is 11.9. The van der Waals surface area contributed by atoms with Crippen LogP contribution >= 0.6 is 0 Å². The summed E-state index contributed by atoms with van der Waals surface area (Å²) in [5.74, 6) is -0.525. The zero-order valence-corrected chi connectivity index (χ0v) is 17.1. The lowest BCUT2D eigenvalue weighted by atomic mass is 9.91. The molecule has 0 saturated carbocycles. The Bertz CT molecular complexity index is 892. The highest BCUT2D eigenvalue weighted by molar-refractivity contribution is 5.87. The van der Waals surface area contributed by atoms with E-state index in [0.29, 0.717) is 11.3 Å². The number of aliphatic hydroxyl groups is 1. The molecule has 0 aliphatic carbocycles. The Labute approximate surface area is 170 Å². The van der Waals surface area contributed by atoms with Gasteiger partial charge in [0.1, 0.15) is 11.3 Å². The first-order valence-electron chi connectivity index (χ1n) is 9.49. The van der Waals surface area contributed by atoms with Crippen molar-refractivity contribution < 1.29 is 24.2 Å². The number of carbonyl (C=O) groups excluding carboxylic acids is 2. The van der Waals surface area contributed by atoms with Gasteiger partial charge in [-0.05, 0) is 38.0 Å². The Balaban J connectivity index is 1.97. The van der Waals surface area contributed by atoms with Crippen molar-refractivity contribution in [3.8, 4) is 0 Å². The van der Waals surface area contributed by atoms with Crippen LogP contribution in [0, 0.1) is 0 Å². The molecule has 2 aromatic rings. The van der Waals surface area contributed by atoms with E-state index in [0.717, 1.165) is 5.56 Å². The Kier molecular flexibility index (Phi) is 5.88. The minimum absolute atomic E-state index is 0.199. The summed E-state index contributed by atoms with van der Waals surface area (Å²) in [7, 11) is 1.30. The first-order valence-corrected chi connectivity index (χ1v) is 9.49. The smallest absolute Gasteiger partial charge is 0.410 e. The van der Waals surface area contributed by atoms with Gasteiger partial charge in [0.15, 0.2) is 0 Å². The van der Waals surface area contributed by atoms with E-state index in [9.17, 15) is 14.7 Å². The predicted molar refractivity (Wildman–Crippen MR) is 106 cm³/mol. The topological polar surface area (TPSA) is 89.0 Å². The number of hydrogen-bond donors (Lipinski definition) is 1. The average molecular weight is 398 g/mol. The molecule has 0 fully saturated rings. The summed E-state index contributed by atoms with van der Waals surface area (Å²) in [6.07, 6.45) is -1.14. The van der Waals surface area contributed by atoms with Crippen LogP contribution in [0.4, 0.5) is 4.79 Å². The number of fused-ring (bicyclic) bond motifs is 1. The number of aromatic nitrogens is 1. The highest BCUT2D eigenvalue weighted by atomic mass is 16.6. The van der Waals surface area contributed by atoms with E-state index in [1.54, 1.807) is 32.9 Å². The maximum Gasteiger partial charge on any atom is 0.410 e. The fourth-order valence-corrected chi connectivity index (χ4v) is 3.35. The van der Waals surface area contributed by atoms with Gasteiger partial charge in [-0.15, -0.1) is 0 Å². The molecule has 2 heterocycles. The molecule has 1 aliphatic rings. The number of aliphatic hydroxyl groups excluding tert-OH is 1. The number of carbonyl (C=O) groups is 2. The Morgan fingerprint density at radius 1 is 1.17 bits per heavy atom. The van der Waals surface area contributed by atoms with Gasteiger partial charge in [0.25, 0.3) is 0 Å². The lowest BCUT2D eigenvalue weighted by molar-refractivity contribution is -0.0129. The van der Waals surface area contributed by atoms with Gasteiger partial charge in [-0.3, -0.25) is 4.90 Å². The van der Waals surface area contributed by atoms with Crippen molar-refractivity contribution in [2.24, 2.45) is 0 Å². The second-order valence-corrected chi connectivity index (χ2v) is 8.03. The Hall–Kier alpha value is -2.93. The van der Waals surface area contributed by atoms with Gasteiger partial charge < -0.3 is 14.6 Å². The summed E-state index contributed by atoms with van der Waals surface area (Å²) < 4.78 is 10.3. The molecule has 154 valence electrons. The van der Waals surface area contributed by atoms with Crippen LogP contribution in [-0.2, 0) is 22.4 Å². The molecule has 0 radical (unpaired) electrons. The van der Waals surface area contributed by atoms with Crippen LogP contribution in [0.1, 0.15) is 54.2 Å². The number of pyridine rings is 1. The standard InChI is InChI=1S/C22H26N2O5/c1-22(2,3)29-21(27)24-13-15-10-11-16(20(26)28-4)23-17(15)12-18(24)19(25)14-8-6-5-7-9-14/h5-11,18-19,25H,12-13H2,1-4H3. The lowest BCUT2D eigenvalue weighted by Gasteiger charge is -2.39. The second kappa shape index (κ2) is 8.21. The fourth-order valence-electron chi connectivity index (χ4n) is 3.35. The number of ether oxygens (including phenoxy) is 2. The zero-order chi connectivity index (χ0) is 21.2. The van der Waals surface area contributed by atoms with Crippen molar-refractivity contribution in [1.29, 1.82) is 0 Å². The van der Waals surface area contributed by atoms with Gasteiger partial charge in [-0.25, -0.2) is 14.6 Å². The monoisotopic (exact) mass is 398 g/mol. The molecule has 1 aliphatic heterocycles. The van der Waals surface area contributed by atoms with Gasteiger partial charge in [-0.1, -0.05) is 36.4 Å². The van der Waals surface area contributed by atoms with E-state index < -0.39 is 29.8 Å². The number of hydrogen-bond acceptors (Lipinski definition) is 6. The molecule has 0 saturated heterocycles. The molecule has 2 unspecified atom stereocenters. The predicted octanol–water partition coefficient (Wildman–Crippen LogP) is 3.26. The minimum atomic E-state index is -0.930. The van der Waals surface area contributed by atoms with Crippen molar-refractivity contribution in [2.75, 3.05) is 7.11 Å². The molecule has 1 aromatic carbocycles. The SMILES string of the molecule is COC(=O)c1ccc2c(n1)CC(C(O)c1ccccc1)N(C(=O)OC(C)(C)C)C2. The molecule has 3 rings (SSSR count). The third-order valence-corrected chi connectivity index (χ3v) is 4.74. The maximum atomic E-state index is 12.9. The third kappa shape index (κ3) is 4.74. The quantitative estimate of drug-likeness (QED) is 0.799. The van der Waals surface area contributed by atoms with Gasteiger partial charge in [-0.2, -0.15) is 0 Å². The first kappa shape index (κ1) is 20.8. The normalized spacial score (nSPS) is 17.3. The van der Waals surface area contributed by atoms with Gasteiger partial charge in [0.2, 0.25) is 0 Å². The highest BCUT2D eigenvalue weighted by Crippen LogP contribution is 2.31. The number of nitrogens with zero attached hydrogens (tertiary/aromatic N) is 2. The van der Waals surface area contributed by atoms with Gasteiger partial charge in [0, 0.05) is 12.1 Å². The van der Waals surface area contributed by atoms with Crippen molar-refractivity contribution in [3.63, 3.8) is 0 Å². The van der Waals surface area contributed by atoms with Crippen LogP contribution in [0.2, 0.25) is 0 Å². The summed E-state index contributed by atoms with van der Waals surface area (Å²) >= 11 is 0. The molecule has 29 heavy (non-hydrogen) atoms. The van der Waals surface area contributed by atoms with Crippen molar-refractivity contribution in [3.05, 3.63) is 65.0 Å². The maximum absolute atomic E-state index is 12.9. The molecule has 1 amide bonds. The summed E-state index contributed by atoms with van der Waals surface area (Å²) in [5.41, 5.74) is 1.70. The number of methoxy groups -OCH3 is 1. The molecule has 0 bridgehead atoms. The summed E-state index contributed by atoms with van der Waals surface area (Å²) in [5, 5.41) is 11.0. The van der Waals surface area contributed by atoms with Crippen LogP contribution in [-0.4, -0.2) is 45.8 Å². The molecular weight excluding hydrogens is 372 g/mol. The van der Waals surface area contributed by atoms with Crippen molar-refractivity contribution >= 4 is 12.1 Å². The van der Waals surface area contributed by atoms with Crippen LogP contribution in [0.15, 0.2) is 42.5 Å². The van der Waals surface area contributed by atoms with Crippen LogP contribution in [0.5, 0.6) is 0 Å². The molecule has 7 heteroatoms. The van der Waals surface area contributed by atoms with E-state index in [4.69, 9.17) is 9.47 Å². The van der Waals surface area contributed by atoms with E-state index in [1.807, 2.05) is 30.3 Å². The third-order valence-electron chi connectivity index (χ3n) is 4.74. The van der Waals surface area contributed by atoms with E-state index in [-0.39, 0.29) is 18.7 Å². The van der Waals surface area contributed by atoms with Crippen molar-refractivity contribution in [2.45, 2.75) is 51.5 Å². The molecular formula is C22H26N2O5. The largest absolute Gasteiger partial charge is 0.464 e. The molecule has 2 atom stereocenters. The van der Waals surface area contributed by atoms with E-state index in [1.165, 1.54) is 12.0 Å².